The number of piperidine rings is 1. The van der Waals surface area contributed by atoms with Crippen molar-refractivity contribution in [3.8, 4) is 5.75 Å². The highest BCUT2D eigenvalue weighted by atomic mass is 16.5. The maximum atomic E-state index is 12.6. The maximum Gasteiger partial charge on any atom is 0.267 e. The van der Waals surface area contributed by atoms with E-state index in [4.69, 9.17) is 4.74 Å². The van der Waals surface area contributed by atoms with Gasteiger partial charge in [0.2, 0.25) is 5.91 Å². The van der Waals surface area contributed by atoms with Crippen LogP contribution in [-0.4, -0.2) is 36.0 Å². The largest absolute Gasteiger partial charge is 0.479 e. The lowest BCUT2D eigenvalue weighted by molar-refractivity contribution is -0.125. The zero-order chi connectivity index (χ0) is 20.0. The minimum atomic E-state index is -0.491. The van der Waals surface area contributed by atoms with Crippen LogP contribution >= 0.6 is 0 Å². The number of carbonyl (C=O) groups is 2. The van der Waals surface area contributed by atoms with E-state index < -0.39 is 6.10 Å². The Labute approximate surface area is 161 Å². The predicted molar refractivity (Wildman–Crippen MR) is 107 cm³/mol. The van der Waals surface area contributed by atoms with E-state index >= 15 is 0 Å². The van der Waals surface area contributed by atoms with Crippen LogP contribution in [0.5, 0.6) is 5.75 Å². The van der Waals surface area contributed by atoms with Crippen molar-refractivity contribution in [1.82, 2.24) is 5.32 Å². The van der Waals surface area contributed by atoms with Crippen molar-refractivity contribution in [1.29, 1.82) is 0 Å². The Balaban J connectivity index is 1.68. The number of likely N-dealkylation sites (N-methyl/N-ethyl adjacent to an activating group) is 1. The molecular formula is C21H31N3O3. The van der Waals surface area contributed by atoms with Crippen molar-refractivity contribution in [2.75, 3.05) is 17.3 Å². The number of benzene rings is 1. The van der Waals surface area contributed by atoms with Crippen LogP contribution in [0, 0.1) is 5.92 Å². The molecule has 1 unspecified atom stereocenters. The molecule has 0 saturated carbocycles. The third kappa shape index (κ3) is 4.43. The summed E-state index contributed by atoms with van der Waals surface area (Å²) < 4.78 is 5.63. The van der Waals surface area contributed by atoms with Crippen molar-refractivity contribution in [3.05, 3.63) is 18.2 Å². The first kappa shape index (κ1) is 19.7. The van der Waals surface area contributed by atoms with E-state index in [1.807, 2.05) is 6.07 Å². The molecule has 2 amide bonds. The maximum absolute atomic E-state index is 12.6. The summed E-state index contributed by atoms with van der Waals surface area (Å²) in [6, 6.07) is 5.43. The molecule has 2 aliphatic rings. The van der Waals surface area contributed by atoms with Gasteiger partial charge in [-0.1, -0.05) is 0 Å². The number of amides is 2. The van der Waals surface area contributed by atoms with E-state index in [9.17, 15) is 9.59 Å². The second kappa shape index (κ2) is 6.82. The molecule has 1 aromatic carbocycles. The van der Waals surface area contributed by atoms with Crippen molar-refractivity contribution in [3.63, 3.8) is 0 Å². The number of nitrogens with zero attached hydrogens (tertiary/aromatic N) is 1. The van der Waals surface area contributed by atoms with Crippen molar-refractivity contribution >= 4 is 23.2 Å². The molecule has 0 aliphatic carbocycles. The second-order valence-corrected chi connectivity index (χ2v) is 9.26. The number of rotatable bonds is 3. The number of ether oxygens (including phenoxy) is 1. The van der Waals surface area contributed by atoms with E-state index in [1.54, 1.807) is 31.0 Å². The monoisotopic (exact) mass is 373 g/mol. The van der Waals surface area contributed by atoms with Gasteiger partial charge >= 0.3 is 0 Å². The Bertz CT molecular complexity index is 741. The molecule has 2 N–H and O–H groups in total. The summed E-state index contributed by atoms with van der Waals surface area (Å²) in [4.78, 5) is 26.3. The van der Waals surface area contributed by atoms with Gasteiger partial charge in [0.05, 0.1) is 5.69 Å². The van der Waals surface area contributed by atoms with Crippen LogP contribution in [0.15, 0.2) is 18.2 Å². The summed E-state index contributed by atoms with van der Waals surface area (Å²) in [5, 5.41) is 6.64. The van der Waals surface area contributed by atoms with E-state index in [0.29, 0.717) is 29.5 Å². The van der Waals surface area contributed by atoms with Crippen LogP contribution < -0.4 is 20.3 Å². The summed E-state index contributed by atoms with van der Waals surface area (Å²) >= 11 is 0. The first-order valence-electron chi connectivity index (χ1n) is 9.63. The zero-order valence-corrected chi connectivity index (χ0v) is 17.2. The highest BCUT2D eigenvalue weighted by Crippen LogP contribution is 2.37. The molecule has 0 aromatic heterocycles. The topological polar surface area (TPSA) is 70.7 Å². The highest BCUT2D eigenvalue weighted by molar-refractivity contribution is 6.00. The molecule has 3 rings (SSSR count). The van der Waals surface area contributed by atoms with Crippen molar-refractivity contribution in [2.24, 2.45) is 5.92 Å². The Hall–Kier alpha value is -2.08. The fourth-order valence-electron chi connectivity index (χ4n) is 4.74. The first-order chi connectivity index (χ1) is 12.5. The van der Waals surface area contributed by atoms with E-state index in [-0.39, 0.29) is 22.9 Å². The highest BCUT2D eigenvalue weighted by Gasteiger charge is 2.38. The third-order valence-electron chi connectivity index (χ3n) is 5.33. The summed E-state index contributed by atoms with van der Waals surface area (Å²) in [6.45, 7) is 10.5. The van der Waals surface area contributed by atoms with Gasteiger partial charge in [0.15, 0.2) is 6.10 Å². The Morgan fingerprint density at radius 3 is 2.52 bits per heavy atom. The molecule has 148 valence electrons. The summed E-state index contributed by atoms with van der Waals surface area (Å²) in [6.07, 6.45) is 1.94. The molecule has 6 nitrogen and oxygen atoms in total. The molecule has 27 heavy (non-hydrogen) atoms. The summed E-state index contributed by atoms with van der Waals surface area (Å²) in [5.41, 5.74) is 1.41. The number of nitrogens with one attached hydrogen (secondary N) is 2. The second-order valence-electron chi connectivity index (χ2n) is 9.26. The normalized spacial score (nSPS) is 24.1. The molecule has 0 radical (unpaired) electrons. The van der Waals surface area contributed by atoms with E-state index in [2.05, 4.69) is 38.3 Å². The fourth-order valence-corrected chi connectivity index (χ4v) is 4.74. The number of hydrogen-bond acceptors (Lipinski definition) is 4. The van der Waals surface area contributed by atoms with Gasteiger partial charge in [-0.05, 0) is 71.6 Å². The summed E-state index contributed by atoms with van der Waals surface area (Å²) in [7, 11) is 1.73. The van der Waals surface area contributed by atoms with Crippen LogP contribution in [0.25, 0.3) is 0 Å². The van der Waals surface area contributed by atoms with Gasteiger partial charge in [0.25, 0.3) is 5.91 Å². The average Bonchev–Trinajstić information content (AvgIpc) is 2.50. The molecule has 0 spiro atoms. The van der Waals surface area contributed by atoms with Crippen molar-refractivity contribution < 1.29 is 14.3 Å². The van der Waals surface area contributed by atoms with Crippen LogP contribution in [-0.2, 0) is 9.59 Å². The molecule has 2 heterocycles. The molecular weight excluding hydrogens is 342 g/mol. The Morgan fingerprint density at radius 1 is 1.26 bits per heavy atom. The number of carbonyl (C=O) groups excluding carboxylic acids is 2. The van der Waals surface area contributed by atoms with Crippen LogP contribution in [0.1, 0.15) is 53.9 Å². The predicted octanol–water partition coefficient (Wildman–Crippen LogP) is 3.32. The molecule has 1 atom stereocenters. The minimum Gasteiger partial charge on any atom is -0.479 e. The van der Waals surface area contributed by atoms with Crippen molar-refractivity contribution in [2.45, 2.75) is 71.1 Å². The fraction of sp³-hybridized carbons (Fsp3) is 0.619. The Morgan fingerprint density at radius 2 is 1.89 bits per heavy atom. The Kier molecular flexibility index (Phi) is 4.97. The van der Waals surface area contributed by atoms with E-state index in [1.165, 1.54) is 0 Å². The number of hydrogen-bond donors (Lipinski definition) is 2. The van der Waals surface area contributed by atoms with Crippen LogP contribution in [0.3, 0.4) is 0 Å². The van der Waals surface area contributed by atoms with E-state index in [0.717, 1.165) is 12.8 Å². The van der Waals surface area contributed by atoms with Crippen LogP contribution in [0.2, 0.25) is 0 Å². The van der Waals surface area contributed by atoms with Gasteiger partial charge < -0.3 is 20.3 Å². The van der Waals surface area contributed by atoms with Crippen LogP contribution in [0.4, 0.5) is 11.4 Å². The number of fused-ring (bicyclic) bond motifs is 1. The van der Waals surface area contributed by atoms with Gasteiger partial charge in [0.1, 0.15) is 5.75 Å². The SMILES string of the molecule is CC1Oc2ccc(NC(=O)CC3CC(C)(C)NC(C)(C)C3)cc2N(C)C1=O. The van der Waals surface area contributed by atoms with Gasteiger partial charge in [-0.25, -0.2) is 0 Å². The van der Waals surface area contributed by atoms with Gasteiger partial charge in [0, 0.05) is 30.2 Å². The molecule has 1 fully saturated rings. The lowest BCUT2D eigenvalue weighted by Gasteiger charge is -2.46. The van der Waals surface area contributed by atoms with Gasteiger partial charge in [-0.2, -0.15) is 0 Å². The molecule has 1 saturated heterocycles. The standard InChI is InChI=1S/C21H31N3O3/c1-13-19(26)24(6)16-10-15(7-8-17(16)27-13)22-18(25)9-14-11-20(2,3)23-21(4,5)12-14/h7-8,10,13-14,23H,9,11-12H2,1-6H3,(H,22,25). The zero-order valence-electron chi connectivity index (χ0n) is 17.2. The average molecular weight is 373 g/mol. The quantitative estimate of drug-likeness (QED) is 0.853. The molecule has 1 aromatic rings. The number of anilines is 2. The smallest absolute Gasteiger partial charge is 0.267 e. The third-order valence-corrected chi connectivity index (χ3v) is 5.33. The summed E-state index contributed by atoms with van der Waals surface area (Å²) in [5.74, 6) is 0.907. The minimum absolute atomic E-state index is 0.00697. The van der Waals surface area contributed by atoms with Gasteiger partial charge in [-0.3, -0.25) is 9.59 Å². The molecule has 6 heteroatoms. The lowest BCUT2D eigenvalue weighted by Crippen LogP contribution is -2.58. The van der Waals surface area contributed by atoms with Gasteiger partial charge in [-0.15, -0.1) is 0 Å². The molecule has 2 aliphatic heterocycles. The lowest BCUT2D eigenvalue weighted by atomic mass is 9.74. The first-order valence-corrected chi connectivity index (χ1v) is 9.63. The molecule has 0 bridgehead atoms.